The van der Waals surface area contributed by atoms with Crippen LogP contribution in [0, 0.1) is 0 Å². The molecule has 4 aromatic heterocycles. The number of ether oxygens (including phenoxy) is 2. The lowest BCUT2D eigenvalue weighted by Crippen LogP contribution is -2.17. The van der Waals surface area contributed by atoms with Crippen LogP contribution in [-0.2, 0) is 0 Å². The molecule has 0 aliphatic rings. The van der Waals surface area contributed by atoms with E-state index in [4.69, 9.17) is 0 Å². The van der Waals surface area contributed by atoms with Crippen molar-refractivity contribution in [2.75, 3.05) is 0 Å². The Morgan fingerprint density at radius 3 is 1.19 bits per heavy atom. The molecule has 0 bridgehead atoms. The molecule has 0 radical (unpaired) electrons. The highest BCUT2D eigenvalue weighted by Crippen LogP contribution is 2.52. The zero-order valence-corrected chi connectivity index (χ0v) is 21.1. The van der Waals surface area contributed by atoms with Crippen LogP contribution < -0.4 is 9.47 Å². The van der Waals surface area contributed by atoms with Crippen LogP contribution in [0.25, 0.3) is 76.2 Å². The Labute approximate surface area is 230 Å². The molecule has 4 nitrogen and oxygen atoms in total. The molecule has 0 spiro atoms. The first kappa shape index (κ1) is 23.6. The third-order valence-electron chi connectivity index (χ3n) is 8.15. The lowest BCUT2D eigenvalue weighted by atomic mass is 9.97. The van der Waals surface area contributed by atoms with Gasteiger partial charge in [0.05, 0.1) is 33.1 Å². The number of fused-ring (bicyclic) bond motifs is 14. The van der Waals surface area contributed by atoms with Gasteiger partial charge in [0.2, 0.25) is 0 Å². The zero-order valence-electron chi connectivity index (χ0n) is 21.1. The number of benzene rings is 5. The molecule has 0 aliphatic carbocycles. The number of nitrogens with zero attached hydrogens (tertiary/aromatic N) is 2. The quantitative estimate of drug-likeness (QED) is 0.193. The predicted octanol–water partition coefficient (Wildman–Crippen LogP) is 9.78. The highest BCUT2D eigenvalue weighted by molar-refractivity contribution is 6.45. The summed E-state index contributed by atoms with van der Waals surface area (Å²) in [5.74, 6) is -0.671. The van der Waals surface area contributed by atoms with Crippen LogP contribution in [0.5, 0.6) is 11.5 Å². The standard InChI is InChI=1S/C32H14F6N2O2/c33-31(34,35)41-15-10-12-24-19(13-15)27-25-17-5-1-3-7-21(17)39-23-11-9-16(42-32(36,37)38)14-20(23)28(29(25)39)26-18-6-2-4-8-22(18)40(24)30(26)27/h1-14H. The molecule has 42 heavy (non-hydrogen) atoms. The van der Waals surface area contributed by atoms with Gasteiger partial charge >= 0.3 is 12.7 Å². The van der Waals surface area contributed by atoms with Gasteiger partial charge in [-0.3, -0.25) is 0 Å². The lowest BCUT2D eigenvalue weighted by Gasteiger charge is -2.09. The van der Waals surface area contributed by atoms with Crippen LogP contribution in [0.4, 0.5) is 26.3 Å². The maximum absolute atomic E-state index is 13.2. The van der Waals surface area contributed by atoms with Crippen molar-refractivity contribution in [3.63, 3.8) is 0 Å². The van der Waals surface area contributed by atoms with Crippen LogP contribution in [0.1, 0.15) is 0 Å². The summed E-state index contributed by atoms with van der Waals surface area (Å²) in [5, 5.41) is 6.00. The summed E-state index contributed by atoms with van der Waals surface area (Å²) in [5.41, 5.74) is 4.58. The summed E-state index contributed by atoms with van der Waals surface area (Å²) in [6.45, 7) is 0. The maximum Gasteiger partial charge on any atom is 0.573 e. The molecule has 10 heteroatoms. The molecule has 0 N–H and O–H groups in total. The number of halogens is 6. The fourth-order valence-electron chi connectivity index (χ4n) is 6.94. The highest BCUT2D eigenvalue weighted by Gasteiger charge is 2.34. The Hall–Kier alpha value is -5.12. The zero-order chi connectivity index (χ0) is 28.7. The lowest BCUT2D eigenvalue weighted by molar-refractivity contribution is -0.275. The summed E-state index contributed by atoms with van der Waals surface area (Å²) >= 11 is 0. The molecule has 0 saturated heterocycles. The van der Waals surface area contributed by atoms with Gasteiger partial charge in [0.1, 0.15) is 11.5 Å². The minimum Gasteiger partial charge on any atom is -0.406 e. The average molecular weight is 572 g/mol. The van der Waals surface area contributed by atoms with E-state index in [1.807, 2.05) is 57.3 Å². The number of aromatic nitrogens is 2. The van der Waals surface area contributed by atoms with Crippen molar-refractivity contribution in [2.45, 2.75) is 12.7 Å². The summed E-state index contributed by atoms with van der Waals surface area (Å²) < 4.78 is 92.1. The monoisotopic (exact) mass is 572 g/mol. The number of hydrogen-bond donors (Lipinski definition) is 0. The maximum atomic E-state index is 13.2. The van der Waals surface area contributed by atoms with Crippen LogP contribution in [0.2, 0.25) is 0 Å². The van der Waals surface area contributed by atoms with Crippen molar-refractivity contribution in [3.05, 3.63) is 84.9 Å². The summed E-state index contributed by atoms with van der Waals surface area (Å²) in [6, 6.07) is 23.9. The van der Waals surface area contributed by atoms with Gasteiger partial charge in [-0.15, -0.1) is 26.3 Å². The highest BCUT2D eigenvalue weighted by atomic mass is 19.4. The van der Waals surface area contributed by atoms with Gasteiger partial charge in [0.15, 0.2) is 0 Å². The van der Waals surface area contributed by atoms with Crippen molar-refractivity contribution < 1.29 is 35.8 Å². The Balaban J connectivity index is 1.59. The number of rotatable bonds is 2. The van der Waals surface area contributed by atoms with E-state index in [2.05, 4.69) is 9.47 Å². The molecule has 0 fully saturated rings. The fraction of sp³-hybridized carbons (Fsp3) is 0.0625. The van der Waals surface area contributed by atoms with E-state index in [1.54, 1.807) is 12.1 Å². The van der Waals surface area contributed by atoms with E-state index >= 15 is 0 Å². The molecule has 9 aromatic rings. The van der Waals surface area contributed by atoms with E-state index < -0.39 is 12.7 Å². The molecule has 5 aromatic carbocycles. The van der Waals surface area contributed by atoms with Crippen molar-refractivity contribution >= 4 is 76.2 Å². The summed E-state index contributed by atoms with van der Waals surface area (Å²) in [7, 11) is 0. The second kappa shape index (κ2) is 7.39. The smallest absolute Gasteiger partial charge is 0.406 e. The van der Waals surface area contributed by atoms with Gasteiger partial charge in [0, 0.05) is 43.1 Å². The molecule has 0 aliphatic heterocycles. The Morgan fingerprint density at radius 1 is 0.429 bits per heavy atom. The number of alkyl halides is 6. The first-order chi connectivity index (χ1) is 20.1. The SMILES string of the molecule is FC(F)(F)Oc1ccc2c(c1)c1c3c4ccccc4n4c5ccc(OC(F)(F)F)cc5c(c5c6ccccc6n2c51)c34. The minimum absolute atomic E-state index is 0.336. The van der Waals surface area contributed by atoms with E-state index in [0.29, 0.717) is 21.8 Å². The summed E-state index contributed by atoms with van der Waals surface area (Å²) in [4.78, 5) is 0. The van der Waals surface area contributed by atoms with Crippen LogP contribution in [0.3, 0.4) is 0 Å². The Bertz CT molecular complexity index is 2380. The summed E-state index contributed by atoms with van der Waals surface area (Å²) in [6.07, 6.45) is -9.72. The molecule has 4 heterocycles. The number of hydrogen-bond acceptors (Lipinski definition) is 2. The van der Waals surface area contributed by atoms with E-state index in [-0.39, 0.29) is 11.5 Å². The fourth-order valence-corrected chi connectivity index (χ4v) is 6.94. The van der Waals surface area contributed by atoms with E-state index in [9.17, 15) is 26.3 Å². The molecular formula is C32H14F6N2O2. The van der Waals surface area contributed by atoms with Crippen LogP contribution in [0.15, 0.2) is 84.9 Å². The molecule has 0 unspecified atom stereocenters. The second-order valence-corrected chi connectivity index (χ2v) is 10.4. The molecule has 0 amide bonds. The first-order valence-electron chi connectivity index (χ1n) is 12.9. The molecule has 0 atom stereocenters. The second-order valence-electron chi connectivity index (χ2n) is 10.4. The van der Waals surface area contributed by atoms with Gasteiger partial charge in [-0.1, -0.05) is 36.4 Å². The molecule has 9 rings (SSSR count). The largest absolute Gasteiger partial charge is 0.573 e. The van der Waals surface area contributed by atoms with Gasteiger partial charge in [-0.25, -0.2) is 0 Å². The topological polar surface area (TPSA) is 27.3 Å². The van der Waals surface area contributed by atoms with Crippen molar-refractivity contribution in [2.24, 2.45) is 0 Å². The Morgan fingerprint density at radius 2 is 0.786 bits per heavy atom. The molecule has 206 valence electrons. The average Bonchev–Trinajstić information content (AvgIpc) is 3.63. The van der Waals surface area contributed by atoms with Crippen molar-refractivity contribution in [1.29, 1.82) is 0 Å². The number of para-hydroxylation sites is 2. The molecular weight excluding hydrogens is 558 g/mol. The van der Waals surface area contributed by atoms with E-state index in [1.165, 1.54) is 24.3 Å². The molecule has 0 saturated carbocycles. The minimum atomic E-state index is -4.86. The van der Waals surface area contributed by atoms with Crippen LogP contribution in [-0.4, -0.2) is 21.5 Å². The van der Waals surface area contributed by atoms with Crippen molar-refractivity contribution in [3.8, 4) is 11.5 Å². The third-order valence-corrected chi connectivity index (χ3v) is 8.15. The van der Waals surface area contributed by atoms with E-state index in [0.717, 1.165) is 54.4 Å². The van der Waals surface area contributed by atoms with Crippen LogP contribution >= 0.6 is 0 Å². The third kappa shape index (κ3) is 2.93. The Kier molecular flexibility index (Phi) is 4.14. The van der Waals surface area contributed by atoms with Gasteiger partial charge < -0.3 is 18.3 Å². The van der Waals surface area contributed by atoms with Gasteiger partial charge in [0.25, 0.3) is 0 Å². The van der Waals surface area contributed by atoms with Gasteiger partial charge in [-0.2, -0.15) is 0 Å². The van der Waals surface area contributed by atoms with Crippen molar-refractivity contribution in [1.82, 2.24) is 8.80 Å². The normalized spacial score (nSPS) is 13.5. The van der Waals surface area contributed by atoms with Gasteiger partial charge in [-0.05, 0) is 48.5 Å². The predicted molar refractivity (Wildman–Crippen MR) is 149 cm³/mol. The first-order valence-corrected chi connectivity index (χ1v) is 12.9.